The largest absolute Gasteiger partial charge is 0.494 e. The van der Waals surface area contributed by atoms with Gasteiger partial charge in [0.15, 0.2) is 5.76 Å². The van der Waals surface area contributed by atoms with Gasteiger partial charge in [-0.25, -0.2) is 0 Å². The number of amides is 2. The highest BCUT2D eigenvalue weighted by molar-refractivity contribution is 5.92. The second-order valence-electron chi connectivity index (χ2n) is 4.86. The van der Waals surface area contributed by atoms with E-state index in [0.29, 0.717) is 19.7 Å². The molecule has 0 aliphatic carbocycles. The molecule has 0 fully saturated rings. The third-order valence-corrected chi connectivity index (χ3v) is 3.07. The zero-order chi connectivity index (χ0) is 17.2. The number of rotatable bonds is 8. The van der Waals surface area contributed by atoms with Gasteiger partial charge in [0.2, 0.25) is 5.91 Å². The molecule has 2 rings (SSSR count). The normalized spacial score (nSPS) is 10.5. The first kappa shape index (κ1) is 17.3. The predicted molar refractivity (Wildman–Crippen MR) is 90.7 cm³/mol. The van der Waals surface area contributed by atoms with Gasteiger partial charge in [-0.1, -0.05) is 12.1 Å². The number of carbonyl (C=O) groups excluding carboxylic acids is 2. The average molecular weight is 328 g/mol. The Morgan fingerprint density at radius 1 is 1.12 bits per heavy atom. The average Bonchev–Trinajstić information content (AvgIpc) is 3.13. The Hall–Kier alpha value is -3.02. The van der Waals surface area contributed by atoms with Gasteiger partial charge in [-0.3, -0.25) is 9.59 Å². The van der Waals surface area contributed by atoms with Crippen molar-refractivity contribution in [2.75, 3.05) is 19.7 Å². The summed E-state index contributed by atoms with van der Waals surface area (Å²) < 4.78 is 10.3. The molecule has 0 unspecified atom stereocenters. The molecule has 6 heteroatoms. The van der Waals surface area contributed by atoms with Crippen LogP contribution in [0.2, 0.25) is 0 Å². The topological polar surface area (TPSA) is 80.6 Å². The van der Waals surface area contributed by atoms with Gasteiger partial charge in [0, 0.05) is 19.2 Å². The van der Waals surface area contributed by atoms with Gasteiger partial charge >= 0.3 is 0 Å². The number of hydrogen-bond donors (Lipinski definition) is 2. The van der Waals surface area contributed by atoms with Gasteiger partial charge < -0.3 is 19.8 Å². The second kappa shape index (κ2) is 9.19. The molecule has 2 amide bonds. The fraction of sp³-hybridized carbons (Fsp3) is 0.222. The van der Waals surface area contributed by atoms with E-state index in [1.54, 1.807) is 18.2 Å². The van der Waals surface area contributed by atoms with Crippen molar-refractivity contribution in [3.05, 3.63) is 60.1 Å². The van der Waals surface area contributed by atoms with E-state index in [0.717, 1.165) is 11.3 Å². The second-order valence-corrected chi connectivity index (χ2v) is 4.86. The van der Waals surface area contributed by atoms with Crippen LogP contribution in [0.4, 0.5) is 0 Å². The minimum Gasteiger partial charge on any atom is -0.494 e. The summed E-state index contributed by atoms with van der Waals surface area (Å²) in [5.74, 6) is 0.512. The van der Waals surface area contributed by atoms with Crippen molar-refractivity contribution in [1.29, 1.82) is 0 Å². The van der Waals surface area contributed by atoms with Crippen molar-refractivity contribution in [1.82, 2.24) is 10.6 Å². The van der Waals surface area contributed by atoms with Crippen molar-refractivity contribution < 1.29 is 18.7 Å². The van der Waals surface area contributed by atoms with E-state index >= 15 is 0 Å². The van der Waals surface area contributed by atoms with Crippen molar-refractivity contribution in [3.8, 4) is 5.75 Å². The molecule has 126 valence electrons. The fourth-order valence-electron chi connectivity index (χ4n) is 1.93. The molecule has 1 aromatic heterocycles. The van der Waals surface area contributed by atoms with E-state index in [1.165, 1.54) is 12.3 Å². The minimum absolute atomic E-state index is 0.226. The van der Waals surface area contributed by atoms with Crippen LogP contribution in [0.1, 0.15) is 23.0 Å². The monoisotopic (exact) mass is 328 g/mol. The van der Waals surface area contributed by atoms with Gasteiger partial charge in [-0.05, 0) is 42.8 Å². The van der Waals surface area contributed by atoms with E-state index in [1.807, 2.05) is 31.2 Å². The van der Waals surface area contributed by atoms with Gasteiger partial charge in [0.05, 0.1) is 12.9 Å². The number of nitrogens with one attached hydrogen (secondary N) is 2. The first-order valence-corrected chi connectivity index (χ1v) is 7.69. The van der Waals surface area contributed by atoms with Gasteiger partial charge in [-0.2, -0.15) is 0 Å². The van der Waals surface area contributed by atoms with Crippen LogP contribution in [0.15, 0.2) is 53.2 Å². The fourth-order valence-corrected chi connectivity index (χ4v) is 1.93. The number of ether oxygens (including phenoxy) is 1. The Morgan fingerprint density at radius 3 is 2.54 bits per heavy atom. The smallest absolute Gasteiger partial charge is 0.287 e. The molecule has 0 aliphatic heterocycles. The standard InChI is InChI=1S/C18H20N2O4/c1-2-23-15-8-5-14(6-9-15)7-10-17(21)19-11-12-20-18(22)16-4-3-13-24-16/h3-10,13H,2,11-12H2,1H3,(H,19,21)(H,20,22)/b10-7+. The molecule has 6 nitrogen and oxygen atoms in total. The summed E-state index contributed by atoms with van der Waals surface area (Å²) in [5, 5.41) is 5.34. The number of benzene rings is 1. The Morgan fingerprint density at radius 2 is 1.88 bits per heavy atom. The highest BCUT2D eigenvalue weighted by Gasteiger charge is 2.06. The highest BCUT2D eigenvalue weighted by atomic mass is 16.5. The van der Waals surface area contributed by atoms with Crippen LogP contribution >= 0.6 is 0 Å². The SMILES string of the molecule is CCOc1ccc(/C=C/C(=O)NCCNC(=O)c2ccco2)cc1. The maximum Gasteiger partial charge on any atom is 0.287 e. The lowest BCUT2D eigenvalue weighted by Gasteiger charge is -2.04. The first-order valence-electron chi connectivity index (χ1n) is 7.69. The van der Waals surface area contributed by atoms with E-state index in [-0.39, 0.29) is 17.6 Å². The van der Waals surface area contributed by atoms with Crippen LogP contribution in [0.25, 0.3) is 6.08 Å². The van der Waals surface area contributed by atoms with Crippen molar-refractivity contribution >= 4 is 17.9 Å². The summed E-state index contributed by atoms with van der Waals surface area (Å²) >= 11 is 0. The van der Waals surface area contributed by atoms with Crippen LogP contribution in [-0.2, 0) is 4.79 Å². The minimum atomic E-state index is -0.306. The molecule has 0 bridgehead atoms. The molecule has 0 radical (unpaired) electrons. The molecule has 0 saturated carbocycles. The lowest BCUT2D eigenvalue weighted by Crippen LogP contribution is -2.33. The van der Waals surface area contributed by atoms with Crippen LogP contribution in [0, 0.1) is 0 Å². The molecule has 0 aliphatic rings. The van der Waals surface area contributed by atoms with Crippen LogP contribution in [-0.4, -0.2) is 31.5 Å². The summed E-state index contributed by atoms with van der Waals surface area (Å²) in [7, 11) is 0. The van der Waals surface area contributed by atoms with Gasteiger partial charge in [0.1, 0.15) is 5.75 Å². The Labute approximate surface area is 140 Å². The third kappa shape index (κ3) is 5.64. The third-order valence-electron chi connectivity index (χ3n) is 3.07. The molecular weight excluding hydrogens is 308 g/mol. The summed E-state index contributed by atoms with van der Waals surface area (Å²) in [5.41, 5.74) is 0.903. The zero-order valence-electron chi connectivity index (χ0n) is 13.5. The lowest BCUT2D eigenvalue weighted by molar-refractivity contribution is -0.116. The summed E-state index contributed by atoms with van der Waals surface area (Å²) in [6.07, 6.45) is 4.60. The zero-order valence-corrected chi connectivity index (χ0v) is 13.5. The molecule has 0 spiro atoms. The summed E-state index contributed by atoms with van der Waals surface area (Å²) in [6, 6.07) is 10.7. The quantitative estimate of drug-likeness (QED) is 0.575. The molecule has 0 saturated heterocycles. The molecule has 24 heavy (non-hydrogen) atoms. The molecule has 1 aromatic carbocycles. The summed E-state index contributed by atoms with van der Waals surface area (Å²) in [4.78, 5) is 23.3. The maximum absolute atomic E-state index is 11.7. The van der Waals surface area contributed by atoms with Gasteiger partial charge in [-0.15, -0.1) is 0 Å². The highest BCUT2D eigenvalue weighted by Crippen LogP contribution is 2.12. The summed E-state index contributed by atoms with van der Waals surface area (Å²) in [6.45, 7) is 3.20. The molecule has 1 heterocycles. The van der Waals surface area contributed by atoms with Crippen molar-refractivity contribution in [2.45, 2.75) is 6.92 Å². The molecular formula is C18H20N2O4. The lowest BCUT2D eigenvalue weighted by atomic mass is 10.2. The van der Waals surface area contributed by atoms with Crippen molar-refractivity contribution in [2.24, 2.45) is 0 Å². The molecule has 2 N–H and O–H groups in total. The Balaban J connectivity index is 1.68. The predicted octanol–water partition coefficient (Wildman–Crippen LogP) is 2.24. The van der Waals surface area contributed by atoms with E-state index < -0.39 is 0 Å². The number of furan rings is 1. The number of carbonyl (C=O) groups is 2. The Kier molecular flexibility index (Phi) is 6.64. The van der Waals surface area contributed by atoms with Gasteiger partial charge in [0.25, 0.3) is 5.91 Å². The van der Waals surface area contributed by atoms with E-state index in [9.17, 15) is 9.59 Å². The van der Waals surface area contributed by atoms with E-state index in [4.69, 9.17) is 9.15 Å². The molecule has 0 atom stereocenters. The van der Waals surface area contributed by atoms with Crippen LogP contribution in [0.5, 0.6) is 5.75 Å². The van der Waals surface area contributed by atoms with E-state index in [2.05, 4.69) is 10.6 Å². The first-order chi connectivity index (χ1) is 11.7. The van der Waals surface area contributed by atoms with Crippen molar-refractivity contribution in [3.63, 3.8) is 0 Å². The van der Waals surface area contributed by atoms with Crippen LogP contribution < -0.4 is 15.4 Å². The molecule has 2 aromatic rings. The Bertz CT molecular complexity index is 676. The maximum atomic E-state index is 11.7. The van der Waals surface area contributed by atoms with Crippen LogP contribution in [0.3, 0.4) is 0 Å². The number of hydrogen-bond acceptors (Lipinski definition) is 4.